The van der Waals surface area contributed by atoms with E-state index in [1.807, 2.05) is 13.8 Å². The Hall–Kier alpha value is -3.16. The van der Waals surface area contributed by atoms with Crippen molar-refractivity contribution in [2.24, 2.45) is 46.3 Å². The minimum Gasteiger partial charge on any atom is -0.346 e. The van der Waals surface area contributed by atoms with Gasteiger partial charge in [-0.15, -0.1) is 6.58 Å². The highest BCUT2D eigenvalue weighted by atomic mass is 32.2. The van der Waals surface area contributed by atoms with E-state index in [1.54, 1.807) is 0 Å². The third kappa shape index (κ3) is 8.94. The maximum absolute atomic E-state index is 14.8. The number of ketones is 1. The summed E-state index contributed by atoms with van der Waals surface area (Å²) in [5.74, 6) is 1.87. The number of Topliss-reactive ketones (excluding diaryl/α,β-unsaturated/α-hetero) is 1. The van der Waals surface area contributed by atoms with Crippen LogP contribution in [0.25, 0.3) is 0 Å². The molecule has 5 fully saturated rings. The highest BCUT2D eigenvalue weighted by Gasteiger charge is 2.70. The molecule has 5 aliphatic rings. The Bertz CT molecular complexity index is 1570. The summed E-state index contributed by atoms with van der Waals surface area (Å²) in [7, 11) is -4.27. The average Bonchev–Trinajstić information content (AvgIpc) is 3.96. The minimum atomic E-state index is -4.27. The van der Waals surface area contributed by atoms with Crippen LogP contribution in [0, 0.1) is 23.2 Å². The minimum absolute atomic E-state index is 0.0127. The molecule has 4 saturated carbocycles. The van der Waals surface area contributed by atoms with Crippen molar-refractivity contribution in [2.75, 3.05) is 25.4 Å². The van der Waals surface area contributed by atoms with Gasteiger partial charge in [-0.3, -0.25) is 30.6 Å². The van der Waals surface area contributed by atoms with E-state index in [0.29, 0.717) is 44.9 Å². The summed E-state index contributed by atoms with van der Waals surface area (Å²) in [6.07, 6.45) is 9.54. The molecule has 1 saturated heterocycles. The molecule has 18 heteroatoms. The zero-order valence-corrected chi connectivity index (χ0v) is 32.5. The monoisotopic (exact) mass is 779 g/mol. The van der Waals surface area contributed by atoms with Crippen molar-refractivity contribution in [3.63, 3.8) is 0 Å². The first-order chi connectivity index (χ1) is 25.3. The SMILES string of the molecule is C=CCNC(=O)C(=O)[C@H](CC1CC1)NC(=O)[C@@H]1C2[C@H](CN1C(=O)[C@@H](NC(=O)NC1(CS(=O)(=O)C(N)(N)CON)CCCCC1)C1(N)CCCCC1)C2(C)C. The molecule has 0 bridgehead atoms. The van der Waals surface area contributed by atoms with E-state index in [4.69, 9.17) is 23.1 Å². The Kier molecular flexibility index (Phi) is 12.5. The molecule has 0 aromatic heterocycles. The van der Waals surface area contributed by atoms with Crippen molar-refractivity contribution >= 4 is 39.4 Å². The van der Waals surface area contributed by atoms with Crippen LogP contribution >= 0.6 is 0 Å². The molecule has 5 amide bonds. The van der Waals surface area contributed by atoms with Gasteiger partial charge in [0.25, 0.3) is 5.91 Å². The number of piperidine rings is 1. The molecule has 54 heavy (non-hydrogen) atoms. The molecule has 4 aliphatic carbocycles. The third-order valence-corrected chi connectivity index (χ3v) is 14.9. The number of sulfone groups is 1. The topological polar surface area (TPSA) is 284 Å². The number of nitrogens with one attached hydrogen (secondary N) is 4. The molecule has 12 N–H and O–H groups in total. The van der Waals surface area contributed by atoms with Crippen LogP contribution in [0.4, 0.5) is 4.79 Å². The second-order valence-electron chi connectivity index (χ2n) is 17.2. The highest BCUT2D eigenvalue weighted by Crippen LogP contribution is 2.65. The molecule has 5 atom stereocenters. The Morgan fingerprint density at radius 3 is 2.17 bits per heavy atom. The van der Waals surface area contributed by atoms with E-state index in [9.17, 15) is 32.4 Å². The predicted octanol–water partition coefficient (Wildman–Crippen LogP) is -0.466. The first kappa shape index (κ1) is 42.0. The Morgan fingerprint density at radius 2 is 1.59 bits per heavy atom. The van der Waals surface area contributed by atoms with Crippen molar-refractivity contribution in [3.8, 4) is 0 Å². The van der Waals surface area contributed by atoms with Crippen molar-refractivity contribution in [1.82, 2.24) is 26.2 Å². The van der Waals surface area contributed by atoms with Gasteiger partial charge in [-0.2, -0.15) is 0 Å². The predicted molar refractivity (Wildman–Crippen MR) is 200 cm³/mol. The molecule has 1 aliphatic heterocycles. The Labute approximate surface area is 318 Å². The van der Waals surface area contributed by atoms with Gasteiger partial charge in [0.2, 0.25) is 17.6 Å². The van der Waals surface area contributed by atoms with Crippen LogP contribution in [-0.2, 0) is 33.9 Å². The highest BCUT2D eigenvalue weighted by molar-refractivity contribution is 7.92. The van der Waals surface area contributed by atoms with Crippen LogP contribution in [-0.4, -0.2) is 103 Å². The van der Waals surface area contributed by atoms with Gasteiger partial charge in [0.1, 0.15) is 18.7 Å². The number of likely N-dealkylation sites (tertiary alicyclic amines) is 1. The van der Waals surface area contributed by atoms with Crippen molar-refractivity contribution in [1.29, 1.82) is 0 Å². The van der Waals surface area contributed by atoms with Gasteiger partial charge in [0.15, 0.2) is 14.8 Å². The van der Waals surface area contributed by atoms with Gasteiger partial charge in [-0.1, -0.05) is 71.3 Å². The molecule has 304 valence electrons. The lowest BCUT2D eigenvalue weighted by Crippen LogP contribution is -2.70. The number of hydrogen-bond donors (Lipinski definition) is 8. The smallest absolute Gasteiger partial charge is 0.315 e. The van der Waals surface area contributed by atoms with Gasteiger partial charge >= 0.3 is 6.03 Å². The van der Waals surface area contributed by atoms with Gasteiger partial charge in [-0.05, 0) is 55.3 Å². The van der Waals surface area contributed by atoms with Gasteiger partial charge in [-0.25, -0.2) is 19.1 Å². The largest absolute Gasteiger partial charge is 0.346 e. The maximum atomic E-state index is 14.8. The van der Waals surface area contributed by atoms with E-state index in [0.717, 1.165) is 38.5 Å². The molecular formula is C36H61N9O8S. The molecule has 0 aromatic carbocycles. The van der Waals surface area contributed by atoms with E-state index >= 15 is 0 Å². The molecule has 1 unspecified atom stereocenters. The summed E-state index contributed by atoms with van der Waals surface area (Å²) < 4.78 is 26.9. The van der Waals surface area contributed by atoms with Crippen LogP contribution < -0.4 is 44.4 Å². The van der Waals surface area contributed by atoms with E-state index in [-0.39, 0.29) is 36.3 Å². The number of carbonyl (C=O) groups is 5. The number of hydrogen-bond acceptors (Lipinski definition) is 12. The van der Waals surface area contributed by atoms with Crippen LogP contribution in [0.1, 0.15) is 97.3 Å². The number of fused-ring (bicyclic) bond motifs is 1. The summed E-state index contributed by atoms with van der Waals surface area (Å²) in [6, 6.07) is -4.06. The first-order valence-electron chi connectivity index (χ1n) is 19.3. The standard InChI is InChI=1S/C36H61N9O8S/c1-4-17-41-30(48)27(46)24(18-22-11-12-22)42-29(47)26-25-23(33(25,2)3)19-45(26)31(49)28(35(37)15-9-6-10-16-35)43-32(50)44-34(13-7-5-8-14-34)21-54(51,52)36(38,39)20-53-40/h4,22-26,28H,1,5-21,37-40H2,2-3H3,(H,41,48)(H,42,47)(H2,43,44,50)/t23-,24-,25?,26-,28+/m0/s1. The number of amides is 5. The summed E-state index contributed by atoms with van der Waals surface area (Å²) in [5, 5.41) is 11.1. The third-order valence-electron chi connectivity index (χ3n) is 12.7. The second kappa shape index (κ2) is 16.1. The lowest BCUT2D eigenvalue weighted by Gasteiger charge is -2.44. The maximum Gasteiger partial charge on any atom is 0.315 e. The molecule has 0 spiro atoms. The fourth-order valence-electron chi connectivity index (χ4n) is 9.17. The van der Waals surface area contributed by atoms with Crippen molar-refractivity contribution < 1.29 is 37.2 Å². The Morgan fingerprint density at radius 1 is 0.981 bits per heavy atom. The molecule has 0 radical (unpaired) electrons. The normalized spacial score (nSPS) is 26.7. The van der Waals surface area contributed by atoms with Crippen molar-refractivity contribution in [3.05, 3.63) is 12.7 Å². The van der Waals surface area contributed by atoms with E-state index < -0.39 is 85.9 Å². The number of carbonyl (C=O) groups excluding carboxylic acids is 5. The number of rotatable bonds is 17. The molecule has 17 nitrogen and oxygen atoms in total. The van der Waals surface area contributed by atoms with Crippen LogP contribution in [0.2, 0.25) is 0 Å². The lowest BCUT2D eigenvalue weighted by atomic mass is 9.76. The zero-order chi connectivity index (χ0) is 39.7. The summed E-state index contributed by atoms with van der Waals surface area (Å²) >= 11 is 0. The number of nitrogens with zero attached hydrogens (tertiary/aromatic N) is 1. The Balaban J connectivity index is 1.40. The lowest BCUT2D eigenvalue weighted by molar-refractivity contribution is -0.145. The molecule has 0 aromatic rings. The number of nitrogens with two attached hydrogens (primary N) is 4. The van der Waals surface area contributed by atoms with Gasteiger partial charge in [0, 0.05) is 18.6 Å². The molecule has 5 rings (SSSR count). The second-order valence-corrected chi connectivity index (χ2v) is 19.5. The first-order valence-corrected chi connectivity index (χ1v) is 21.0. The summed E-state index contributed by atoms with van der Waals surface area (Å²) in [5.41, 5.74) is 16.2. The molecular weight excluding hydrogens is 719 g/mol. The zero-order valence-electron chi connectivity index (χ0n) is 31.7. The van der Waals surface area contributed by atoms with Crippen LogP contribution in [0.5, 0.6) is 0 Å². The quantitative estimate of drug-likeness (QED) is 0.0403. The van der Waals surface area contributed by atoms with Gasteiger partial charge in [0.05, 0.1) is 17.3 Å². The van der Waals surface area contributed by atoms with Crippen LogP contribution in [0.15, 0.2) is 12.7 Å². The van der Waals surface area contributed by atoms with Gasteiger partial charge < -0.3 is 36.7 Å². The van der Waals surface area contributed by atoms with Crippen LogP contribution in [0.3, 0.4) is 0 Å². The number of urea groups is 1. The summed E-state index contributed by atoms with van der Waals surface area (Å²) in [6.45, 7) is 7.31. The van der Waals surface area contributed by atoms with Crippen molar-refractivity contribution in [2.45, 2.75) is 132 Å². The van der Waals surface area contributed by atoms with E-state index in [2.05, 4.69) is 32.7 Å². The van der Waals surface area contributed by atoms with E-state index in [1.165, 1.54) is 11.0 Å². The average molecular weight is 780 g/mol. The fraction of sp³-hybridized carbons (Fsp3) is 0.806. The fourth-order valence-corrected chi connectivity index (χ4v) is 10.8. The molecule has 1 heterocycles. The summed E-state index contributed by atoms with van der Waals surface area (Å²) in [4.78, 5) is 72.8.